The maximum absolute atomic E-state index is 13.5. The molecule has 2 N–H and O–H groups in total. The molecule has 1 saturated carbocycles. The van der Waals surface area contributed by atoms with Crippen molar-refractivity contribution < 1.29 is 19.4 Å². The van der Waals surface area contributed by atoms with E-state index < -0.39 is 18.1 Å². The Labute approximate surface area is 229 Å². The molecule has 1 aromatic heterocycles. The number of aliphatic hydroxyl groups excluding tert-OH is 1. The largest absolute Gasteiger partial charge is 0.461 e. The molecule has 5 rings (SSSR count). The first-order valence-electron chi connectivity index (χ1n) is 13.6. The number of carbonyl (C=O) groups is 2. The molecule has 1 aliphatic carbocycles. The molecule has 3 atom stereocenters. The first-order chi connectivity index (χ1) is 19.1. The molecular formula is C33H34N2O4. The van der Waals surface area contributed by atoms with Gasteiger partial charge in [-0.05, 0) is 46.7 Å². The zero-order chi connectivity index (χ0) is 27.0. The summed E-state index contributed by atoms with van der Waals surface area (Å²) in [6.45, 7) is 0.153. The molecule has 39 heavy (non-hydrogen) atoms. The Balaban J connectivity index is 1.33. The van der Waals surface area contributed by atoms with Crippen LogP contribution in [0, 0.1) is 0 Å². The number of nitrogens with zero attached hydrogens (tertiary/aromatic N) is 1. The number of hydrogen-bond acceptors (Lipinski definition) is 4. The minimum Gasteiger partial charge on any atom is -0.461 e. The molecule has 0 radical (unpaired) electrons. The molecular weight excluding hydrogens is 488 g/mol. The number of aromatic nitrogens is 1. The van der Waals surface area contributed by atoms with Crippen molar-refractivity contribution in [1.29, 1.82) is 0 Å². The molecule has 0 spiro atoms. The van der Waals surface area contributed by atoms with E-state index in [1.165, 1.54) is 0 Å². The number of hydrogen-bond donors (Lipinski definition) is 2. The molecule has 1 heterocycles. The third-order valence-electron chi connectivity index (χ3n) is 7.36. The molecule has 6 heteroatoms. The van der Waals surface area contributed by atoms with E-state index in [-0.39, 0.29) is 25.0 Å². The fourth-order valence-electron chi connectivity index (χ4n) is 5.11. The highest BCUT2D eigenvalue weighted by molar-refractivity contribution is 5.86. The van der Waals surface area contributed by atoms with Gasteiger partial charge in [-0.2, -0.15) is 0 Å². The van der Waals surface area contributed by atoms with Gasteiger partial charge in [0.1, 0.15) is 12.6 Å². The van der Waals surface area contributed by atoms with Gasteiger partial charge >= 0.3 is 5.97 Å². The fraction of sp³-hybridized carbons (Fsp3) is 0.273. The summed E-state index contributed by atoms with van der Waals surface area (Å²) in [5, 5.41) is 13.4. The van der Waals surface area contributed by atoms with E-state index in [0.717, 1.165) is 47.1 Å². The van der Waals surface area contributed by atoms with Crippen molar-refractivity contribution >= 4 is 11.9 Å². The van der Waals surface area contributed by atoms with E-state index in [0.29, 0.717) is 6.42 Å². The lowest BCUT2D eigenvalue weighted by molar-refractivity contribution is -0.148. The van der Waals surface area contributed by atoms with Gasteiger partial charge in [-0.3, -0.25) is 9.59 Å². The van der Waals surface area contributed by atoms with E-state index in [2.05, 4.69) is 41.7 Å². The van der Waals surface area contributed by atoms with Crippen LogP contribution in [0.25, 0.3) is 22.3 Å². The lowest BCUT2D eigenvalue weighted by atomic mass is 9.92. The van der Waals surface area contributed by atoms with Crippen LogP contribution >= 0.6 is 0 Å². The highest BCUT2D eigenvalue weighted by Gasteiger charge is 2.30. The quantitative estimate of drug-likeness (QED) is 0.268. The summed E-state index contributed by atoms with van der Waals surface area (Å²) >= 11 is 0. The van der Waals surface area contributed by atoms with E-state index in [1.807, 2.05) is 67.0 Å². The van der Waals surface area contributed by atoms with Crippen molar-refractivity contribution in [3.63, 3.8) is 0 Å². The molecule has 0 saturated heterocycles. The first kappa shape index (κ1) is 26.4. The lowest BCUT2D eigenvalue weighted by Gasteiger charge is -2.30. The normalized spacial score (nSPS) is 17.8. The Hall–Kier alpha value is -4.16. The molecule has 200 valence electrons. The van der Waals surface area contributed by atoms with Crippen molar-refractivity contribution in [2.45, 2.75) is 56.9 Å². The predicted molar refractivity (Wildman–Crippen MR) is 152 cm³/mol. The van der Waals surface area contributed by atoms with Crippen LogP contribution in [0.15, 0.2) is 103 Å². The molecule has 1 amide bonds. The molecule has 0 bridgehead atoms. The topological polar surface area (TPSA) is 80.6 Å². The Morgan fingerprint density at radius 3 is 2.13 bits per heavy atom. The van der Waals surface area contributed by atoms with Gasteiger partial charge in [-0.1, -0.05) is 97.8 Å². The zero-order valence-corrected chi connectivity index (χ0v) is 21.9. The summed E-state index contributed by atoms with van der Waals surface area (Å²) in [5.41, 5.74) is 5.13. The van der Waals surface area contributed by atoms with Crippen molar-refractivity contribution in [2.24, 2.45) is 0 Å². The van der Waals surface area contributed by atoms with E-state index in [1.54, 1.807) is 4.57 Å². The summed E-state index contributed by atoms with van der Waals surface area (Å²) in [5.74, 6) is -0.746. The highest BCUT2D eigenvalue weighted by Crippen LogP contribution is 2.27. The standard InChI is InChI=1S/C33H34N2O4/c36-31-14-8-7-13-29(31)34-33(38)30(21-32(37)39-23-24-9-3-1-4-10-24)35-20-19-28(22-35)27-17-15-26(16-18-27)25-11-5-2-6-12-25/h1-6,9-12,15-20,22,29-31,36H,7-8,13-14,21,23H2,(H,34,38). The van der Waals surface area contributed by atoms with Crippen LogP contribution in [0.3, 0.4) is 0 Å². The summed E-state index contributed by atoms with van der Waals surface area (Å²) in [4.78, 5) is 26.3. The summed E-state index contributed by atoms with van der Waals surface area (Å²) < 4.78 is 7.28. The monoisotopic (exact) mass is 522 g/mol. The van der Waals surface area contributed by atoms with Crippen molar-refractivity contribution in [2.75, 3.05) is 0 Å². The second-order valence-corrected chi connectivity index (χ2v) is 10.1. The van der Waals surface area contributed by atoms with Gasteiger partial charge < -0.3 is 19.7 Å². The lowest BCUT2D eigenvalue weighted by Crippen LogP contribution is -2.47. The van der Waals surface area contributed by atoms with Crippen molar-refractivity contribution in [3.05, 3.63) is 109 Å². The minimum atomic E-state index is -0.792. The Morgan fingerprint density at radius 2 is 1.44 bits per heavy atom. The van der Waals surface area contributed by atoms with Crippen LogP contribution in [0.4, 0.5) is 0 Å². The van der Waals surface area contributed by atoms with Gasteiger partial charge in [-0.15, -0.1) is 0 Å². The van der Waals surface area contributed by atoms with Crippen LogP contribution in [-0.4, -0.2) is 33.7 Å². The van der Waals surface area contributed by atoms with Crippen LogP contribution < -0.4 is 5.32 Å². The number of nitrogens with one attached hydrogen (secondary N) is 1. The van der Waals surface area contributed by atoms with E-state index >= 15 is 0 Å². The maximum atomic E-state index is 13.5. The smallest absolute Gasteiger partial charge is 0.308 e. The Kier molecular flexibility index (Phi) is 8.54. The van der Waals surface area contributed by atoms with Crippen LogP contribution in [0.2, 0.25) is 0 Å². The second kappa shape index (κ2) is 12.6. The van der Waals surface area contributed by atoms with Gasteiger partial charge in [0.2, 0.25) is 5.91 Å². The molecule has 1 aliphatic rings. The predicted octanol–water partition coefficient (Wildman–Crippen LogP) is 5.92. The summed E-state index contributed by atoms with van der Waals surface area (Å²) in [6, 6.07) is 28.8. The molecule has 0 aliphatic heterocycles. The second-order valence-electron chi connectivity index (χ2n) is 10.1. The number of carbonyl (C=O) groups excluding carboxylic acids is 2. The number of ether oxygens (including phenoxy) is 1. The Morgan fingerprint density at radius 1 is 0.821 bits per heavy atom. The molecule has 6 nitrogen and oxygen atoms in total. The van der Waals surface area contributed by atoms with Crippen LogP contribution in [0.5, 0.6) is 0 Å². The molecule has 3 unspecified atom stereocenters. The minimum absolute atomic E-state index is 0.109. The third-order valence-corrected chi connectivity index (χ3v) is 7.36. The van der Waals surface area contributed by atoms with E-state index in [4.69, 9.17) is 4.74 Å². The van der Waals surface area contributed by atoms with Crippen LogP contribution in [0.1, 0.15) is 43.7 Å². The van der Waals surface area contributed by atoms with Crippen LogP contribution in [-0.2, 0) is 20.9 Å². The van der Waals surface area contributed by atoms with Gasteiger partial charge in [0.05, 0.1) is 18.6 Å². The Bertz CT molecular complexity index is 1370. The number of esters is 1. The molecule has 1 fully saturated rings. The number of amides is 1. The number of aliphatic hydroxyl groups is 1. The summed E-state index contributed by atoms with van der Waals surface area (Å²) in [6.07, 6.45) is 6.34. The number of benzene rings is 3. The SMILES string of the molecule is O=C(CC(C(=O)NC1CCCCC1O)n1ccc(-c2ccc(-c3ccccc3)cc2)c1)OCc1ccccc1. The van der Waals surface area contributed by atoms with Gasteiger partial charge in [0.25, 0.3) is 0 Å². The van der Waals surface area contributed by atoms with Gasteiger partial charge in [-0.25, -0.2) is 0 Å². The van der Waals surface area contributed by atoms with Crippen molar-refractivity contribution in [1.82, 2.24) is 9.88 Å². The fourth-order valence-corrected chi connectivity index (χ4v) is 5.11. The average Bonchev–Trinajstić information content (AvgIpc) is 3.47. The molecule has 3 aromatic carbocycles. The van der Waals surface area contributed by atoms with E-state index in [9.17, 15) is 14.7 Å². The third kappa shape index (κ3) is 6.84. The average molecular weight is 523 g/mol. The van der Waals surface area contributed by atoms with Gasteiger partial charge in [0.15, 0.2) is 0 Å². The van der Waals surface area contributed by atoms with Gasteiger partial charge in [0, 0.05) is 12.4 Å². The molecule has 4 aromatic rings. The first-order valence-corrected chi connectivity index (χ1v) is 13.6. The highest BCUT2D eigenvalue weighted by atomic mass is 16.5. The maximum Gasteiger partial charge on any atom is 0.308 e. The number of rotatable bonds is 9. The van der Waals surface area contributed by atoms with Crippen molar-refractivity contribution in [3.8, 4) is 22.3 Å². The summed E-state index contributed by atoms with van der Waals surface area (Å²) in [7, 11) is 0. The zero-order valence-electron chi connectivity index (χ0n) is 21.9.